The lowest BCUT2D eigenvalue weighted by molar-refractivity contribution is -0.0679. The van der Waals surface area contributed by atoms with Gasteiger partial charge in [0.25, 0.3) is 0 Å². The standard InChI is InChI=1S/C20H34N4O3.HI/c1-5-25-17-8-9-19(26-6-2)18(12-17)23-20(21)22-10-7-11-24-13-15(3)27-16(4)14-24;/h8-9,12,15-16H,5-7,10-11,13-14H2,1-4H3,(H3,21,22,23);1H. The van der Waals surface area contributed by atoms with Gasteiger partial charge in [-0.15, -0.1) is 24.0 Å². The summed E-state index contributed by atoms with van der Waals surface area (Å²) in [6, 6.07) is 5.65. The van der Waals surface area contributed by atoms with Gasteiger partial charge in [0.2, 0.25) is 0 Å². The lowest BCUT2D eigenvalue weighted by Crippen LogP contribution is -2.45. The van der Waals surface area contributed by atoms with E-state index >= 15 is 0 Å². The van der Waals surface area contributed by atoms with E-state index in [1.165, 1.54) is 0 Å². The third-order valence-corrected chi connectivity index (χ3v) is 4.23. The van der Waals surface area contributed by atoms with Crippen LogP contribution in [0.4, 0.5) is 5.69 Å². The van der Waals surface area contributed by atoms with Crippen LogP contribution in [-0.4, -0.2) is 62.5 Å². The van der Waals surface area contributed by atoms with Crippen LogP contribution < -0.4 is 20.5 Å². The van der Waals surface area contributed by atoms with E-state index in [9.17, 15) is 0 Å². The van der Waals surface area contributed by atoms with E-state index < -0.39 is 0 Å². The molecular formula is C20H35IN4O3. The lowest BCUT2D eigenvalue weighted by atomic mass is 10.2. The number of rotatable bonds is 9. The normalized spacial score (nSPS) is 20.4. The van der Waals surface area contributed by atoms with E-state index in [0.717, 1.165) is 43.2 Å². The van der Waals surface area contributed by atoms with Crippen molar-refractivity contribution in [3.8, 4) is 11.5 Å². The van der Waals surface area contributed by atoms with Crippen molar-refractivity contribution in [1.29, 1.82) is 0 Å². The van der Waals surface area contributed by atoms with Gasteiger partial charge in [0.05, 0.1) is 31.1 Å². The maximum Gasteiger partial charge on any atom is 0.193 e. The number of hydrogen-bond donors (Lipinski definition) is 2. The molecule has 8 heteroatoms. The van der Waals surface area contributed by atoms with Gasteiger partial charge < -0.3 is 25.3 Å². The molecule has 2 unspecified atom stereocenters. The Morgan fingerprint density at radius 2 is 1.89 bits per heavy atom. The molecule has 0 bridgehead atoms. The monoisotopic (exact) mass is 506 g/mol. The number of ether oxygens (including phenoxy) is 3. The second-order valence-corrected chi connectivity index (χ2v) is 6.79. The summed E-state index contributed by atoms with van der Waals surface area (Å²) in [5.74, 6) is 1.88. The van der Waals surface area contributed by atoms with Crippen LogP contribution in [0.15, 0.2) is 23.2 Å². The summed E-state index contributed by atoms with van der Waals surface area (Å²) in [7, 11) is 0. The van der Waals surface area contributed by atoms with Crippen molar-refractivity contribution in [2.45, 2.75) is 46.3 Å². The molecule has 0 saturated carbocycles. The van der Waals surface area contributed by atoms with Crippen LogP contribution in [0, 0.1) is 0 Å². The number of halogens is 1. The summed E-state index contributed by atoms with van der Waals surface area (Å²) in [6.07, 6.45) is 1.54. The Morgan fingerprint density at radius 1 is 1.21 bits per heavy atom. The molecule has 3 N–H and O–H groups in total. The number of guanidine groups is 1. The average Bonchev–Trinajstić information content (AvgIpc) is 2.60. The van der Waals surface area contributed by atoms with Crippen LogP contribution in [-0.2, 0) is 4.74 Å². The number of nitrogens with zero attached hydrogens (tertiary/aromatic N) is 2. The van der Waals surface area contributed by atoms with Gasteiger partial charge >= 0.3 is 0 Å². The van der Waals surface area contributed by atoms with E-state index in [2.05, 4.69) is 29.1 Å². The minimum atomic E-state index is 0. The molecule has 7 nitrogen and oxygen atoms in total. The van der Waals surface area contributed by atoms with Crippen molar-refractivity contribution in [2.24, 2.45) is 10.7 Å². The van der Waals surface area contributed by atoms with Crippen LogP contribution >= 0.6 is 24.0 Å². The van der Waals surface area contributed by atoms with E-state index in [1.807, 2.05) is 32.0 Å². The van der Waals surface area contributed by atoms with Gasteiger partial charge in [-0.1, -0.05) is 0 Å². The van der Waals surface area contributed by atoms with Gasteiger partial charge in [-0.25, -0.2) is 0 Å². The zero-order valence-electron chi connectivity index (χ0n) is 17.4. The highest BCUT2D eigenvalue weighted by Gasteiger charge is 2.21. The molecule has 160 valence electrons. The molecule has 28 heavy (non-hydrogen) atoms. The van der Waals surface area contributed by atoms with Crippen molar-refractivity contribution >= 4 is 35.6 Å². The lowest BCUT2D eigenvalue weighted by Gasteiger charge is -2.35. The molecule has 0 aromatic heterocycles. The van der Waals surface area contributed by atoms with Gasteiger partial charge in [0.1, 0.15) is 11.5 Å². The summed E-state index contributed by atoms with van der Waals surface area (Å²) in [5, 5.41) is 3.14. The van der Waals surface area contributed by atoms with Crippen molar-refractivity contribution in [3.63, 3.8) is 0 Å². The third-order valence-electron chi connectivity index (χ3n) is 4.23. The Balaban J connectivity index is 0.00000392. The molecule has 2 atom stereocenters. The van der Waals surface area contributed by atoms with Crippen molar-refractivity contribution < 1.29 is 14.2 Å². The Hall–Kier alpha value is -1.26. The molecule has 2 rings (SSSR count). The SMILES string of the molecule is CCOc1ccc(OCC)c(NC(N)=NCCCN2CC(C)OC(C)C2)c1.I. The zero-order chi connectivity index (χ0) is 19.6. The van der Waals surface area contributed by atoms with Gasteiger partial charge in [-0.05, 0) is 46.2 Å². The molecule has 0 amide bonds. The fourth-order valence-electron chi connectivity index (χ4n) is 3.28. The topological polar surface area (TPSA) is 81.3 Å². The number of anilines is 1. The number of nitrogens with one attached hydrogen (secondary N) is 1. The number of aliphatic imine (C=N–C) groups is 1. The summed E-state index contributed by atoms with van der Waals surface area (Å²) in [5.41, 5.74) is 6.83. The maximum atomic E-state index is 6.07. The fourth-order valence-corrected chi connectivity index (χ4v) is 3.28. The number of hydrogen-bond acceptors (Lipinski definition) is 5. The molecule has 0 spiro atoms. The molecule has 1 aromatic rings. The quantitative estimate of drug-likeness (QED) is 0.232. The van der Waals surface area contributed by atoms with Gasteiger partial charge in [0.15, 0.2) is 5.96 Å². The Bertz CT molecular complexity index is 605. The summed E-state index contributed by atoms with van der Waals surface area (Å²) in [4.78, 5) is 6.88. The summed E-state index contributed by atoms with van der Waals surface area (Å²) in [6.45, 7) is 13.0. The average molecular weight is 506 g/mol. The Labute approximate surface area is 186 Å². The summed E-state index contributed by atoms with van der Waals surface area (Å²) < 4.78 is 17.0. The first-order valence-electron chi connectivity index (χ1n) is 9.86. The second kappa shape index (κ2) is 13.1. The van der Waals surface area contributed by atoms with Crippen LogP contribution in [0.2, 0.25) is 0 Å². The minimum Gasteiger partial charge on any atom is -0.494 e. The molecule has 1 aliphatic rings. The minimum absolute atomic E-state index is 0. The van der Waals surface area contributed by atoms with Crippen LogP contribution in [0.5, 0.6) is 11.5 Å². The van der Waals surface area contributed by atoms with Crippen LogP contribution in [0.1, 0.15) is 34.1 Å². The highest BCUT2D eigenvalue weighted by atomic mass is 127. The Morgan fingerprint density at radius 3 is 2.54 bits per heavy atom. The third kappa shape index (κ3) is 8.40. The first kappa shape index (κ1) is 24.8. The Kier molecular flexibility index (Phi) is 11.6. The number of nitrogens with two attached hydrogens (primary N) is 1. The van der Waals surface area contributed by atoms with E-state index in [4.69, 9.17) is 19.9 Å². The maximum absolute atomic E-state index is 6.07. The summed E-state index contributed by atoms with van der Waals surface area (Å²) >= 11 is 0. The largest absolute Gasteiger partial charge is 0.494 e. The zero-order valence-corrected chi connectivity index (χ0v) is 19.8. The highest BCUT2D eigenvalue weighted by Crippen LogP contribution is 2.29. The molecule has 0 radical (unpaired) electrons. The predicted molar refractivity (Wildman–Crippen MR) is 125 cm³/mol. The molecule has 1 fully saturated rings. The molecule has 1 heterocycles. The number of morpholine rings is 1. The van der Waals surface area contributed by atoms with Gasteiger partial charge in [0, 0.05) is 32.2 Å². The molecule has 1 aromatic carbocycles. The molecule has 0 aliphatic carbocycles. The van der Waals surface area contributed by atoms with Crippen LogP contribution in [0.3, 0.4) is 0 Å². The van der Waals surface area contributed by atoms with Crippen LogP contribution in [0.25, 0.3) is 0 Å². The fraction of sp³-hybridized carbons (Fsp3) is 0.650. The highest BCUT2D eigenvalue weighted by molar-refractivity contribution is 14.0. The van der Waals surface area contributed by atoms with Crippen molar-refractivity contribution in [3.05, 3.63) is 18.2 Å². The van der Waals surface area contributed by atoms with Gasteiger partial charge in [-0.2, -0.15) is 0 Å². The first-order valence-corrected chi connectivity index (χ1v) is 9.86. The molecule has 1 aliphatic heterocycles. The van der Waals surface area contributed by atoms with Crippen molar-refractivity contribution in [2.75, 3.05) is 44.7 Å². The number of benzene rings is 1. The van der Waals surface area contributed by atoms with E-state index in [-0.39, 0.29) is 24.0 Å². The molecule has 1 saturated heterocycles. The second-order valence-electron chi connectivity index (χ2n) is 6.79. The van der Waals surface area contributed by atoms with E-state index in [0.29, 0.717) is 37.9 Å². The predicted octanol–water partition coefficient (Wildman–Crippen LogP) is 3.33. The van der Waals surface area contributed by atoms with Crippen molar-refractivity contribution in [1.82, 2.24) is 4.90 Å². The van der Waals surface area contributed by atoms with Gasteiger partial charge in [-0.3, -0.25) is 9.89 Å². The first-order chi connectivity index (χ1) is 13.0. The molecular weight excluding hydrogens is 471 g/mol. The smallest absolute Gasteiger partial charge is 0.193 e. The van der Waals surface area contributed by atoms with E-state index in [1.54, 1.807) is 0 Å².